The Balaban J connectivity index is 0.000000153. The molecule has 12 aromatic rings. The summed E-state index contributed by atoms with van der Waals surface area (Å²) in [4.78, 5) is 86.0. The molecule has 24 nitrogen and oxygen atoms in total. The molecular formula is C72H67Cl6F3N20O4S6. The van der Waals surface area contributed by atoms with E-state index in [-0.39, 0.29) is 11.0 Å². The SMILES string of the molecule is CC(c1sc(-c2cccnc2)nc1Cl)C1CC1.CC(c1sc(-c2cncc(F)c2)nc1Cl)C1CC1.CNC(=O)N/N=C(\C)c1sc(-c2cccnc2)nc1Cl.CNC(=O)N/N=C(\C)c1sc(-c2cncc(F)c2)nc1Cl.CO/N=C(\C)c1sc(-c2cccnc2)nc1Cl.CO/N=C(\C)c1sc(-c2cncc(F)c2)nc1Cl. The van der Waals surface area contributed by atoms with Crippen LogP contribution in [0, 0.1) is 29.3 Å². The molecule has 2 atom stereocenters. The van der Waals surface area contributed by atoms with E-state index in [4.69, 9.17) is 74.4 Å². The van der Waals surface area contributed by atoms with Crippen LogP contribution in [0.15, 0.2) is 149 Å². The van der Waals surface area contributed by atoms with E-state index in [1.54, 1.807) is 80.6 Å². The molecule has 2 aliphatic rings. The van der Waals surface area contributed by atoms with Crippen LogP contribution in [0.4, 0.5) is 22.8 Å². The van der Waals surface area contributed by atoms with Crippen molar-refractivity contribution in [3.8, 4) is 63.4 Å². The van der Waals surface area contributed by atoms with Gasteiger partial charge in [0, 0.05) is 113 Å². The lowest BCUT2D eigenvalue weighted by molar-refractivity contribution is 0.213. The Bertz CT molecular complexity index is 5240. The van der Waals surface area contributed by atoms with E-state index >= 15 is 0 Å². The normalized spacial score (nSPS) is 13.2. The highest BCUT2D eigenvalue weighted by molar-refractivity contribution is 7.19. The maximum atomic E-state index is 13.2. The van der Waals surface area contributed by atoms with E-state index in [0.717, 1.165) is 70.7 Å². The molecular weight excluding hydrogens is 1670 g/mol. The second-order valence-electron chi connectivity index (χ2n) is 23.6. The molecule has 4 N–H and O–H groups in total. The Hall–Kier alpha value is -8.97. The van der Waals surface area contributed by atoms with Crippen LogP contribution in [0.5, 0.6) is 0 Å². The number of oxime groups is 2. The molecule has 0 aliphatic heterocycles. The van der Waals surface area contributed by atoms with Gasteiger partial charge in [-0.15, -0.1) is 68.0 Å². The fourth-order valence-corrected chi connectivity index (χ4v) is 17.6. The van der Waals surface area contributed by atoms with E-state index < -0.39 is 23.7 Å². The lowest BCUT2D eigenvalue weighted by Crippen LogP contribution is -2.29. The van der Waals surface area contributed by atoms with Crippen molar-refractivity contribution in [2.45, 2.75) is 79.1 Å². The quantitative estimate of drug-likeness (QED) is 0.0458. The summed E-state index contributed by atoms with van der Waals surface area (Å²) in [5.74, 6) is 1.33. The molecule has 0 aromatic carbocycles. The number of halogens is 9. The standard InChI is InChI=1S/C13H12ClFN2S.C13H13ClN2S.C12H11ClFN5OS.C12H12ClN5OS.C11H9ClFN3OS.C11H10ClN3OS/c1-7(8-2-3-8)11-12(14)17-13(18-11)9-4-10(15)6-16-5-9;1-8(9-4-5-9)11-12(14)16-13(17-11)10-3-2-6-15-7-10;1-6(18-19-12(20)15-2)9-10(13)17-11(21-9)7-3-8(14)5-16-4-7;1-7(17-18-12(19)14-2)9-10(13)16-11(20-9)8-4-3-5-15-6-8;1-6(16-17-2)9-10(12)15-11(18-9)7-3-8(13)5-14-4-7;1-7(15-16-2)9-10(12)14-11(17-9)8-4-3-5-13-6-8/h4-8H,2-3H2,1H3;2-3,6-9H,4-5H2,1H3;3-5H,1-2H3,(H2,15,19,20);3-6H,1-2H3,(H2,14,18,19);3-5H,1-2H3;3-6H,1-2H3/b;;18-6+;17-7+;16-6+;15-7+. The zero-order valence-corrected chi connectivity index (χ0v) is 69.8. The molecule has 14 rings (SSSR count). The predicted molar refractivity (Wildman–Crippen MR) is 442 cm³/mol. The monoisotopic (exact) mass is 1730 g/mol. The number of hydrazone groups is 2. The van der Waals surface area contributed by atoms with Gasteiger partial charge in [0.15, 0.2) is 0 Å². The van der Waals surface area contributed by atoms with Crippen molar-refractivity contribution in [1.82, 2.24) is 81.3 Å². The van der Waals surface area contributed by atoms with Crippen LogP contribution in [0.1, 0.15) is 108 Å². The van der Waals surface area contributed by atoms with Gasteiger partial charge >= 0.3 is 12.1 Å². The maximum Gasteiger partial charge on any atom is 0.334 e. The van der Waals surface area contributed by atoms with Gasteiger partial charge < -0.3 is 20.3 Å². The van der Waals surface area contributed by atoms with Crippen LogP contribution in [0.25, 0.3) is 63.4 Å². The van der Waals surface area contributed by atoms with Crippen molar-refractivity contribution < 1.29 is 32.4 Å². The molecule has 0 spiro atoms. The third-order valence-corrected chi connectivity index (χ3v) is 25.3. The number of nitrogens with zero attached hydrogens (tertiary/aromatic N) is 16. The van der Waals surface area contributed by atoms with Crippen molar-refractivity contribution in [2.24, 2.45) is 32.4 Å². The van der Waals surface area contributed by atoms with Crippen LogP contribution in [0.3, 0.4) is 0 Å². The highest BCUT2D eigenvalue weighted by Gasteiger charge is 2.33. The number of hydrogen-bond donors (Lipinski definition) is 4. The van der Waals surface area contributed by atoms with Gasteiger partial charge in [0.2, 0.25) is 0 Å². The number of hydrogen-bond acceptors (Lipinski definition) is 26. The molecule has 0 radical (unpaired) electrons. The van der Waals surface area contributed by atoms with Crippen LogP contribution in [-0.4, -0.2) is 123 Å². The zero-order chi connectivity index (χ0) is 79.8. The number of thiazole rings is 6. The van der Waals surface area contributed by atoms with Gasteiger partial charge in [-0.25, -0.2) is 63.5 Å². The molecule has 2 unspecified atom stereocenters. The van der Waals surface area contributed by atoms with Crippen molar-refractivity contribution in [2.75, 3.05) is 28.3 Å². The summed E-state index contributed by atoms with van der Waals surface area (Å²) in [6.45, 7) is 11.5. The molecule has 578 valence electrons. The smallest absolute Gasteiger partial charge is 0.334 e. The molecule has 2 aliphatic carbocycles. The average Bonchev–Trinajstić information content (AvgIpc) is 1.66. The number of carbonyl (C=O) groups is 2. The summed E-state index contributed by atoms with van der Waals surface area (Å²) in [5.41, 5.74) is 11.8. The van der Waals surface area contributed by atoms with Crippen molar-refractivity contribution in [3.63, 3.8) is 0 Å². The largest absolute Gasteiger partial charge is 0.399 e. The fraction of sp³-hybridized carbons (Fsp3) is 0.250. The average molecular weight is 1740 g/mol. The predicted octanol–water partition coefficient (Wildman–Crippen LogP) is 20.6. The number of aromatic nitrogens is 12. The second-order valence-corrected chi connectivity index (χ2v) is 31.8. The molecule has 4 amide bonds. The summed E-state index contributed by atoms with van der Waals surface area (Å²) in [6.07, 6.45) is 23.8. The van der Waals surface area contributed by atoms with E-state index in [1.165, 1.54) is 141 Å². The van der Waals surface area contributed by atoms with Gasteiger partial charge in [-0.1, -0.05) is 93.8 Å². The first-order valence-electron chi connectivity index (χ1n) is 33.1. The van der Waals surface area contributed by atoms with Gasteiger partial charge in [0.05, 0.1) is 60.9 Å². The summed E-state index contributed by atoms with van der Waals surface area (Å²) in [5, 5.41) is 27.3. The number of nitrogens with one attached hydrogen (secondary N) is 4. The topological polar surface area (TPSA) is 305 Å². The fourth-order valence-electron chi connectivity index (χ4n) is 9.54. The van der Waals surface area contributed by atoms with E-state index in [2.05, 4.69) is 120 Å². The molecule has 111 heavy (non-hydrogen) atoms. The zero-order valence-electron chi connectivity index (χ0n) is 60.4. The summed E-state index contributed by atoms with van der Waals surface area (Å²) < 4.78 is 39.4. The highest BCUT2D eigenvalue weighted by atomic mass is 35.5. The lowest BCUT2D eigenvalue weighted by atomic mass is 10.1. The van der Waals surface area contributed by atoms with Gasteiger partial charge in [-0.05, 0) is 132 Å². The summed E-state index contributed by atoms with van der Waals surface area (Å²) >= 11 is 45.3. The van der Waals surface area contributed by atoms with Gasteiger partial charge in [0.1, 0.15) is 92.6 Å². The third kappa shape index (κ3) is 25.0. The third-order valence-electron chi connectivity index (χ3n) is 15.5. The van der Waals surface area contributed by atoms with Crippen molar-refractivity contribution in [3.05, 3.63) is 207 Å². The molecule has 0 bridgehead atoms. The summed E-state index contributed by atoms with van der Waals surface area (Å²) in [7, 11) is 5.95. The number of carbonyl (C=O) groups excluding carboxylic acids is 2. The van der Waals surface area contributed by atoms with Crippen LogP contribution in [0.2, 0.25) is 30.9 Å². The minimum atomic E-state index is -0.452. The Labute approximate surface area is 690 Å². The van der Waals surface area contributed by atoms with E-state index in [1.807, 2.05) is 49.5 Å². The number of rotatable bonds is 18. The molecule has 12 aromatic heterocycles. The summed E-state index contributed by atoms with van der Waals surface area (Å²) in [6, 6.07) is 14.8. The minimum Gasteiger partial charge on any atom is -0.399 e. The van der Waals surface area contributed by atoms with Crippen molar-refractivity contribution in [1.29, 1.82) is 0 Å². The van der Waals surface area contributed by atoms with Crippen LogP contribution in [-0.2, 0) is 9.68 Å². The minimum absolute atomic E-state index is 0.235. The van der Waals surface area contributed by atoms with E-state index in [9.17, 15) is 22.8 Å². The number of pyridine rings is 6. The highest BCUT2D eigenvalue weighted by Crippen LogP contribution is 2.49. The number of amides is 4. The van der Waals surface area contributed by atoms with E-state index in [0.29, 0.717) is 102 Å². The van der Waals surface area contributed by atoms with Gasteiger partial charge in [-0.3, -0.25) is 29.9 Å². The number of urea groups is 2. The molecule has 39 heteroatoms. The first kappa shape index (κ1) is 86.0. The van der Waals surface area contributed by atoms with Gasteiger partial charge in [0.25, 0.3) is 0 Å². The Morgan fingerprint density at radius 1 is 0.414 bits per heavy atom. The first-order valence-corrected chi connectivity index (χ1v) is 40.3. The molecule has 2 fully saturated rings. The Morgan fingerprint density at radius 2 is 0.685 bits per heavy atom. The maximum absolute atomic E-state index is 13.2. The second kappa shape index (κ2) is 42.1. The molecule has 12 heterocycles. The molecule has 2 saturated carbocycles. The van der Waals surface area contributed by atoms with Crippen LogP contribution < -0.4 is 21.5 Å². The lowest BCUT2D eigenvalue weighted by Gasteiger charge is -2.05. The first-order chi connectivity index (χ1) is 53.4. The van der Waals surface area contributed by atoms with Gasteiger partial charge in [-0.2, -0.15) is 10.2 Å². The van der Waals surface area contributed by atoms with Crippen LogP contribution >= 0.6 is 138 Å². The Morgan fingerprint density at radius 3 is 0.955 bits per heavy atom. The Kier molecular flexibility index (Phi) is 32.6. The molecule has 0 saturated heterocycles. The van der Waals surface area contributed by atoms with Crippen molar-refractivity contribution >= 4 is 173 Å².